The number of aromatic amines is 1. The summed E-state index contributed by atoms with van der Waals surface area (Å²) in [5.74, 6) is 1.62. The van der Waals surface area contributed by atoms with Gasteiger partial charge in [0.1, 0.15) is 0 Å². The first-order valence-corrected chi connectivity index (χ1v) is 7.26. The van der Waals surface area contributed by atoms with E-state index < -0.39 is 0 Å². The van der Waals surface area contributed by atoms with Gasteiger partial charge in [-0.3, -0.25) is 0 Å². The van der Waals surface area contributed by atoms with Crippen LogP contribution in [0.2, 0.25) is 0 Å². The second-order valence-corrected chi connectivity index (χ2v) is 6.06. The highest BCUT2D eigenvalue weighted by Gasteiger charge is 2.24. The summed E-state index contributed by atoms with van der Waals surface area (Å²) in [6, 6.07) is 6.43. The number of aromatic nitrogens is 2. The first-order valence-electron chi connectivity index (χ1n) is 6.85. The molecule has 1 aromatic carbocycles. The highest BCUT2D eigenvalue weighted by Crippen LogP contribution is 2.33. The van der Waals surface area contributed by atoms with Gasteiger partial charge in [-0.25, -0.2) is 0 Å². The van der Waals surface area contributed by atoms with Crippen LogP contribution in [-0.4, -0.2) is 9.55 Å². The van der Waals surface area contributed by atoms with Gasteiger partial charge in [-0.15, -0.1) is 0 Å². The van der Waals surface area contributed by atoms with Crippen LogP contribution in [0.25, 0.3) is 11.0 Å². The maximum Gasteiger partial charge on any atom is 0.178 e. The van der Waals surface area contributed by atoms with Crippen LogP contribution in [0.4, 0.5) is 0 Å². The van der Waals surface area contributed by atoms with E-state index in [9.17, 15) is 0 Å². The molecule has 3 heteroatoms. The van der Waals surface area contributed by atoms with Crippen molar-refractivity contribution in [2.24, 2.45) is 11.8 Å². The number of benzene rings is 1. The minimum Gasteiger partial charge on any atom is -0.330 e. The van der Waals surface area contributed by atoms with Gasteiger partial charge in [-0.2, -0.15) is 0 Å². The van der Waals surface area contributed by atoms with Crippen molar-refractivity contribution in [3.8, 4) is 0 Å². The van der Waals surface area contributed by atoms with Crippen molar-refractivity contribution in [2.45, 2.75) is 39.7 Å². The summed E-state index contributed by atoms with van der Waals surface area (Å²) in [5.41, 5.74) is 3.74. The highest BCUT2D eigenvalue weighted by atomic mass is 32.1. The Morgan fingerprint density at radius 2 is 2.22 bits per heavy atom. The molecule has 0 spiro atoms. The number of fused-ring (bicyclic) bond motifs is 1. The van der Waals surface area contributed by atoms with Crippen molar-refractivity contribution < 1.29 is 0 Å². The van der Waals surface area contributed by atoms with E-state index in [4.69, 9.17) is 12.2 Å². The quantitative estimate of drug-likeness (QED) is 0.791. The average molecular weight is 260 g/mol. The van der Waals surface area contributed by atoms with Crippen LogP contribution >= 0.6 is 12.2 Å². The first kappa shape index (κ1) is 12.0. The fraction of sp³-hybridized carbons (Fsp3) is 0.533. The Hall–Kier alpha value is -1.09. The number of nitrogens with one attached hydrogen (secondary N) is 1. The molecule has 1 heterocycles. The van der Waals surface area contributed by atoms with Crippen LogP contribution < -0.4 is 0 Å². The molecule has 0 bridgehead atoms. The molecular weight excluding hydrogens is 240 g/mol. The van der Waals surface area contributed by atoms with E-state index in [1.54, 1.807) is 0 Å². The third kappa shape index (κ3) is 1.91. The zero-order chi connectivity index (χ0) is 12.7. The number of hydrogen-bond donors (Lipinski definition) is 1. The molecule has 2 aromatic rings. The third-order valence-corrected chi connectivity index (χ3v) is 4.80. The van der Waals surface area contributed by atoms with Gasteiger partial charge in [-0.05, 0) is 49.0 Å². The molecule has 0 radical (unpaired) electrons. The lowest BCUT2D eigenvalue weighted by Crippen LogP contribution is -2.13. The van der Waals surface area contributed by atoms with Gasteiger partial charge in [0.15, 0.2) is 4.77 Å². The largest absolute Gasteiger partial charge is 0.330 e. The Bertz CT molecular complexity index is 623. The fourth-order valence-electron chi connectivity index (χ4n) is 3.23. The Morgan fingerprint density at radius 3 is 2.94 bits per heavy atom. The molecule has 2 atom stereocenters. The molecule has 1 aliphatic carbocycles. The zero-order valence-electron chi connectivity index (χ0n) is 11.1. The van der Waals surface area contributed by atoms with Gasteiger partial charge >= 0.3 is 0 Å². The van der Waals surface area contributed by atoms with E-state index in [0.29, 0.717) is 0 Å². The Kier molecular flexibility index (Phi) is 3.02. The van der Waals surface area contributed by atoms with Crippen LogP contribution in [0, 0.1) is 23.5 Å². The summed E-state index contributed by atoms with van der Waals surface area (Å²) >= 11 is 5.49. The summed E-state index contributed by atoms with van der Waals surface area (Å²) in [6.45, 7) is 5.58. The number of aryl methyl sites for hydroxylation is 1. The van der Waals surface area contributed by atoms with Crippen LogP contribution in [0.15, 0.2) is 18.2 Å². The first-order chi connectivity index (χ1) is 8.66. The van der Waals surface area contributed by atoms with E-state index in [2.05, 4.69) is 41.6 Å². The fourth-order valence-corrected chi connectivity index (χ4v) is 3.51. The van der Waals surface area contributed by atoms with E-state index in [1.807, 2.05) is 0 Å². The van der Waals surface area contributed by atoms with Crippen molar-refractivity contribution in [2.75, 3.05) is 0 Å². The SMILES string of the molecule is Cc1cccc2c1[nH]c(=S)n2CC1CCCC1C. The molecule has 1 N–H and O–H groups in total. The molecule has 1 fully saturated rings. The number of hydrogen-bond acceptors (Lipinski definition) is 1. The van der Waals surface area contributed by atoms with E-state index >= 15 is 0 Å². The minimum atomic E-state index is 0.788. The van der Waals surface area contributed by atoms with E-state index in [1.165, 1.54) is 35.9 Å². The summed E-state index contributed by atoms with van der Waals surface area (Å²) < 4.78 is 3.17. The summed E-state index contributed by atoms with van der Waals surface area (Å²) in [5, 5.41) is 0. The summed E-state index contributed by atoms with van der Waals surface area (Å²) in [6.07, 6.45) is 4.10. The maximum absolute atomic E-state index is 5.49. The van der Waals surface area contributed by atoms with Gasteiger partial charge in [0.05, 0.1) is 11.0 Å². The maximum atomic E-state index is 5.49. The zero-order valence-corrected chi connectivity index (χ0v) is 11.9. The van der Waals surface area contributed by atoms with E-state index in [-0.39, 0.29) is 0 Å². The van der Waals surface area contributed by atoms with E-state index in [0.717, 1.165) is 23.2 Å². The monoisotopic (exact) mass is 260 g/mol. The van der Waals surface area contributed by atoms with Gasteiger partial charge < -0.3 is 9.55 Å². The molecule has 3 rings (SSSR count). The molecule has 18 heavy (non-hydrogen) atoms. The van der Waals surface area contributed by atoms with Crippen LogP contribution in [-0.2, 0) is 6.54 Å². The molecular formula is C15H20N2S. The molecule has 2 unspecified atom stereocenters. The molecule has 1 aromatic heterocycles. The third-order valence-electron chi connectivity index (χ3n) is 4.47. The standard InChI is InChI=1S/C15H20N2S/c1-10-5-3-7-12(10)9-17-13-8-4-6-11(2)14(13)16-15(17)18/h4,6,8,10,12H,3,5,7,9H2,1-2H3,(H,16,18). The van der Waals surface area contributed by atoms with Gasteiger partial charge in [-0.1, -0.05) is 31.9 Å². The molecule has 0 amide bonds. The van der Waals surface area contributed by atoms with Crippen molar-refractivity contribution in [3.63, 3.8) is 0 Å². The topological polar surface area (TPSA) is 20.7 Å². The number of rotatable bonds is 2. The van der Waals surface area contributed by atoms with Crippen molar-refractivity contribution >= 4 is 23.3 Å². The summed E-state index contributed by atoms with van der Waals surface area (Å²) in [7, 11) is 0. The molecule has 1 aliphatic rings. The van der Waals surface area contributed by atoms with Gasteiger partial charge in [0.2, 0.25) is 0 Å². The molecule has 0 aliphatic heterocycles. The second-order valence-electron chi connectivity index (χ2n) is 5.68. The lowest BCUT2D eigenvalue weighted by molar-refractivity contribution is 0.366. The van der Waals surface area contributed by atoms with Crippen LogP contribution in [0.1, 0.15) is 31.7 Å². The van der Waals surface area contributed by atoms with Crippen LogP contribution in [0.5, 0.6) is 0 Å². The summed E-state index contributed by atoms with van der Waals surface area (Å²) in [4.78, 5) is 3.36. The molecule has 1 saturated carbocycles. The molecule has 0 saturated heterocycles. The predicted octanol–water partition coefficient (Wildman–Crippen LogP) is 4.44. The normalized spacial score (nSPS) is 23.9. The lowest BCUT2D eigenvalue weighted by atomic mass is 9.98. The predicted molar refractivity (Wildman–Crippen MR) is 78.4 cm³/mol. The van der Waals surface area contributed by atoms with Crippen molar-refractivity contribution in [1.29, 1.82) is 0 Å². The van der Waals surface area contributed by atoms with Gasteiger partial charge in [0, 0.05) is 6.54 Å². The minimum absolute atomic E-state index is 0.788. The second kappa shape index (κ2) is 4.54. The molecule has 96 valence electrons. The van der Waals surface area contributed by atoms with Crippen molar-refractivity contribution in [1.82, 2.24) is 9.55 Å². The smallest absolute Gasteiger partial charge is 0.178 e. The Balaban J connectivity index is 2.04. The number of H-pyrrole nitrogens is 1. The Labute approximate surface area is 113 Å². The number of nitrogens with zero attached hydrogens (tertiary/aromatic N) is 1. The van der Waals surface area contributed by atoms with Crippen molar-refractivity contribution in [3.05, 3.63) is 28.5 Å². The number of imidazole rings is 1. The highest BCUT2D eigenvalue weighted by molar-refractivity contribution is 7.71. The average Bonchev–Trinajstić information content (AvgIpc) is 2.87. The number of para-hydroxylation sites is 1. The molecule has 2 nitrogen and oxygen atoms in total. The lowest BCUT2D eigenvalue weighted by Gasteiger charge is -2.16. The van der Waals surface area contributed by atoms with Crippen LogP contribution in [0.3, 0.4) is 0 Å². The van der Waals surface area contributed by atoms with Gasteiger partial charge in [0.25, 0.3) is 0 Å². The Morgan fingerprint density at radius 1 is 1.39 bits per heavy atom.